The number of rotatable bonds is 9. The molecule has 0 radical (unpaired) electrons. The third kappa shape index (κ3) is 7.25. The third-order valence-electron chi connectivity index (χ3n) is 12.2. The second-order valence-electron chi connectivity index (χ2n) is 16.5. The maximum absolute atomic E-state index is 16.0. The number of hydrogen-bond acceptors (Lipinski definition) is 9. The zero-order chi connectivity index (χ0) is 41.2. The smallest absolute Gasteiger partial charge is 0.329 e. The number of aromatic nitrogens is 7. The molecule has 1 aliphatic carbocycles. The normalized spacial score (nSPS) is 22.7. The van der Waals surface area contributed by atoms with Crippen molar-refractivity contribution in [2.24, 2.45) is 13.0 Å². The SMILES string of the molecule is CC(C)Oc1cc2nn(C3CCC(CN4CCC(c5ccc6c(c5)n(C)c(=O)n6C5CCC(=O)NC5=O)C(F)(F)C4)CC3)cc2cc1C(=O)Nc1cnn2cccnc12. The number of hydrogen-bond donors (Lipinski definition) is 2. The summed E-state index contributed by atoms with van der Waals surface area (Å²) in [5.74, 6) is -4.55. The Balaban J connectivity index is 0.842. The molecule has 3 fully saturated rings. The highest BCUT2D eigenvalue weighted by molar-refractivity contribution is 6.09. The van der Waals surface area contributed by atoms with Crippen LogP contribution in [0, 0.1) is 5.92 Å². The van der Waals surface area contributed by atoms with Gasteiger partial charge in [-0.25, -0.2) is 23.1 Å². The molecule has 2 aromatic carbocycles. The van der Waals surface area contributed by atoms with Gasteiger partial charge >= 0.3 is 5.69 Å². The number of likely N-dealkylation sites (tertiary alicyclic amines) is 1. The fourth-order valence-corrected chi connectivity index (χ4v) is 9.25. The number of fused-ring (bicyclic) bond motifs is 3. The molecule has 2 aliphatic heterocycles. The Morgan fingerprint density at radius 2 is 1.86 bits per heavy atom. The van der Waals surface area contributed by atoms with Gasteiger partial charge in [0.1, 0.15) is 17.5 Å². The van der Waals surface area contributed by atoms with Gasteiger partial charge in [-0.15, -0.1) is 0 Å². The second-order valence-corrected chi connectivity index (χ2v) is 16.5. The van der Waals surface area contributed by atoms with E-state index in [9.17, 15) is 19.2 Å². The first-order valence-corrected chi connectivity index (χ1v) is 20.3. The van der Waals surface area contributed by atoms with E-state index in [1.54, 1.807) is 66.6 Å². The lowest BCUT2D eigenvalue weighted by molar-refractivity contribution is -0.135. The van der Waals surface area contributed by atoms with Crippen molar-refractivity contribution in [1.29, 1.82) is 0 Å². The molecule has 0 bridgehead atoms. The molecule has 4 aromatic heterocycles. The van der Waals surface area contributed by atoms with Gasteiger partial charge in [-0.3, -0.25) is 38.4 Å². The zero-order valence-corrected chi connectivity index (χ0v) is 33.1. The number of amides is 3. The summed E-state index contributed by atoms with van der Waals surface area (Å²) in [5, 5.41) is 15.2. The number of halogens is 2. The van der Waals surface area contributed by atoms with Crippen molar-refractivity contribution < 1.29 is 27.9 Å². The Morgan fingerprint density at radius 1 is 1.05 bits per heavy atom. The van der Waals surface area contributed by atoms with Gasteiger partial charge in [0, 0.05) is 50.1 Å². The number of carbonyl (C=O) groups excluding carboxylic acids is 3. The molecule has 2 saturated heterocycles. The summed E-state index contributed by atoms with van der Waals surface area (Å²) in [6, 6.07) is 9.62. The van der Waals surface area contributed by atoms with Crippen LogP contribution in [0.15, 0.2) is 66.0 Å². The van der Waals surface area contributed by atoms with E-state index in [1.165, 1.54) is 9.13 Å². The van der Waals surface area contributed by atoms with Gasteiger partial charge < -0.3 is 10.1 Å². The second kappa shape index (κ2) is 15.0. The van der Waals surface area contributed by atoms with E-state index >= 15 is 8.78 Å². The number of nitrogens with zero attached hydrogens (tertiary/aromatic N) is 8. The largest absolute Gasteiger partial charge is 0.490 e. The molecular formula is C42H46F2N10O5. The lowest BCUT2D eigenvalue weighted by atomic mass is 9.83. The highest BCUT2D eigenvalue weighted by Crippen LogP contribution is 2.42. The van der Waals surface area contributed by atoms with Crippen molar-refractivity contribution in [3.63, 3.8) is 0 Å². The lowest BCUT2D eigenvalue weighted by Gasteiger charge is -2.41. The number of alkyl halides is 2. The maximum atomic E-state index is 16.0. The molecule has 2 unspecified atom stereocenters. The third-order valence-corrected chi connectivity index (χ3v) is 12.2. The summed E-state index contributed by atoms with van der Waals surface area (Å²) >= 11 is 0. The minimum Gasteiger partial charge on any atom is -0.490 e. The standard InChI is InChI=1S/C42H46F2N10O5/c1-24(2)59-36-19-31-27(17-29(36)39(56)47-32-20-46-52-15-4-14-45-38(32)52)22-53(49-31)28-8-5-25(6-9-28)21-51-16-13-30(42(43,44)23-51)26-7-10-33-35(18-26)50(3)41(58)54(33)34-11-12-37(55)48-40(34)57/h4,7,10,14-15,17-20,22,24-25,28,30,34H,5-6,8-9,11-13,16,21,23H2,1-3H3,(H,47,56)(H,48,55,57). The number of imide groups is 1. The molecule has 15 nitrogen and oxygen atoms in total. The van der Waals surface area contributed by atoms with Gasteiger partial charge in [-0.05, 0) is 94.7 Å². The Kier molecular flexibility index (Phi) is 9.80. The summed E-state index contributed by atoms with van der Waals surface area (Å²) in [4.78, 5) is 57.4. The quantitative estimate of drug-likeness (QED) is 0.177. The number of piperidine rings is 2. The molecular weight excluding hydrogens is 763 g/mol. The van der Waals surface area contributed by atoms with Crippen molar-refractivity contribution >= 4 is 51.0 Å². The molecule has 308 valence electrons. The van der Waals surface area contributed by atoms with Crippen LogP contribution in [0.4, 0.5) is 14.5 Å². The number of aryl methyl sites for hydroxylation is 1. The average Bonchev–Trinajstić information content (AvgIpc) is 3.88. The van der Waals surface area contributed by atoms with Crippen LogP contribution in [-0.2, 0) is 16.6 Å². The van der Waals surface area contributed by atoms with Crippen LogP contribution in [0.1, 0.15) is 92.7 Å². The molecule has 6 heterocycles. The van der Waals surface area contributed by atoms with Gasteiger partial charge in [0.25, 0.3) is 11.8 Å². The van der Waals surface area contributed by atoms with Crippen LogP contribution in [0.5, 0.6) is 5.75 Å². The molecule has 6 aromatic rings. The first-order valence-electron chi connectivity index (χ1n) is 20.3. The van der Waals surface area contributed by atoms with E-state index in [1.807, 2.05) is 29.6 Å². The topological polar surface area (TPSA) is 163 Å². The van der Waals surface area contributed by atoms with Crippen molar-refractivity contribution in [3.05, 3.63) is 82.8 Å². The molecule has 0 spiro atoms. The molecule has 17 heteroatoms. The molecule has 3 amide bonds. The molecule has 3 aliphatic rings. The van der Waals surface area contributed by atoms with Gasteiger partial charge in [0.2, 0.25) is 11.8 Å². The van der Waals surface area contributed by atoms with Crippen LogP contribution in [0.3, 0.4) is 0 Å². The zero-order valence-electron chi connectivity index (χ0n) is 33.1. The van der Waals surface area contributed by atoms with Crippen LogP contribution in [-0.4, -0.2) is 87.8 Å². The lowest BCUT2D eigenvalue weighted by Crippen LogP contribution is -2.49. The first kappa shape index (κ1) is 38.5. The number of benzene rings is 2. The predicted molar refractivity (Wildman–Crippen MR) is 215 cm³/mol. The Bertz CT molecular complexity index is 2670. The van der Waals surface area contributed by atoms with Crippen molar-refractivity contribution in [2.75, 3.05) is 25.0 Å². The summed E-state index contributed by atoms with van der Waals surface area (Å²) in [6.07, 6.45) is 10.8. The summed E-state index contributed by atoms with van der Waals surface area (Å²) < 4.78 is 44.4. The van der Waals surface area contributed by atoms with E-state index in [0.717, 1.165) is 36.6 Å². The Labute approximate surface area is 337 Å². The van der Waals surface area contributed by atoms with Crippen molar-refractivity contribution in [2.45, 2.75) is 88.8 Å². The Hall–Kier alpha value is -5.97. The number of carbonyl (C=O) groups is 3. The molecule has 2 atom stereocenters. The van der Waals surface area contributed by atoms with E-state index in [0.29, 0.717) is 52.3 Å². The number of nitrogens with one attached hydrogen (secondary N) is 2. The summed E-state index contributed by atoms with van der Waals surface area (Å²) in [5.41, 5.74) is 3.10. The molecule has 1 saturated carbocycles. The van der Waals surface area contributed by atoms with Crippen LogP contribution in [0.2, 0.25) is 0 Å². The minimum absolute atomic E-state index is 0.121. The van der Waals surface area contributed by atoms with Crippen molar-refractivity contribution in [1.82, 2.24) is 43.7 Å². The highest BCUT2D eigenvalue weighted by atomic mass is 19.3. The molecule has 2 N–H and O–H groups in total. The summed E-state index contributed by atoms with van der Waals surface area (Å²) in [7, 11) is 1.57. The average molecular weight is 809 g/mol. The number of ether oxygens (including phenoxy) is 1. The fourth-order valence-electron chi connectivity index (χ4n) is 9.25. The van der Waals surface area contributed by atoms with Crippen LogP contribution < -0.4 is 21.1 Å². The van der Waals surface area contributed by atoms with Crippen LogP contribution >= 0.6 is 0 Å². The molecule has 9 rings (SSSR count). The number of imidazole rings is 1. The molecule has 59 heavy (non-hydrogen) atoms. The summed E-state index contributed by atoms with van der Waals surface area (Å²) in [6.45, 7) is 4.58. The highest BCUT2D eigenvalue weighted by Gasteiger charge is 2.46. The van der Waals surface area contributed by atoms with Crippen molar-refractivity contribution in [3.8, 4) is 5.75 Å². The fraction of sp³-hybridized carbons (Fsp3) is 0.452. The van der Waals surface area contributed by atoms with Gasteiger partial charge in [0.15, 0.2) is 5.65 Å². The van der Waals surface area contributed by atoms with Gasteiger partial charge in [-0.1, -0.05) is 6.07 Å². The van der Waals surface area contributed by atoms with E-state index < -0.39 is 29.5 Å². The minimum atomic E-state index is -2.99. The van der Waals surface area contributed by atoms with Gasteiger partial charge in [-0.2, -0.15) is 10.2 Å². The predicted octanol–water partition coefficient (Wildman–Crippen LogP) is 5.61. The van der Waals surface area contributed by atoms with Gasteiger partial charge in [0.05, 0.1) is 52.9 Å². The van der Waals surface area contributed by atoms with E-state index in [4.69, 9.17) is 9.84 Å². The van der Waals surface area contributed by atoms with E-state index in [2.05, 4.69) is 20.7 Å². The number of anilines is 1. The maximum Gasteiger partial charge on any atom is 0.329 e. The first-order chi connectivity index (χ1) is 28.3. The van der Waals surface area contributed by atoms with E-state index in [-0.39, 0.29) is 55.7 Å². The Morgan fingerprint density at radius 3 is 2.63 bits per heavy atom. The monoisotopic (exact) mass is 808 g/mol. The van der Waals surface area contributed by atoms with Crippen LogP contribution in [0.25, 0.3) is 27.6 Å².